The predicted molar refractivity (Wildman–Crippen MR) is 48.6 cm³/mol. The second-order valence-electron chi connectivity index (χ2n) is 4.17. The molecule has 0 saturated carbocycles. The van der Waals surface area contributed by atoms with E-state index in [-0.39, 0.29) is 11.3 Å². The van der Waals surface area contributed by atoms with Gasteiger partial charge in [0.15, 0.2) is 0 Å². The third-order valence-corrected chi connectivity index (χ3v) is 2.32. The van der Waals surface area contributed by atoms with Gasteiger partial charge >= 0.3 is 5.97 Å². The highest BCUT2D eigenvalue weighted by molar-refractivity contribution is 5.69. The van der Waals surface area contributed by atoms with Crippen molar-refractivity contribution in [3.63, 3.8) is 0 Å². The van der Waals surface area contributed by atoms with Gasteiger partial charge in [-0.1, -0.05) is 13.8 Å². The molecule has 13 heavy (non-hydrogen) atoms. The first kappa shape index (κ1) is 10.5. The number of carbonyl (C=O) groups is 1. The van der Waals surface area contributed by atoms with E-state index in [1.165, 1.54) is 0 Å². The molecule has 1 aliphatic rings. The second-order valence-corrected chi connectivity index (χ2v) is 4.17. The Morgan fingerprint density at radius 1 is 1.69 bits per heavy atom. The molecule has 0 radical (unpaired) electrons. The molecule has 1 rings (SSSR count). The lowest BCUT2D eigenvalue weighted by atomic mass is 9.88. The number of hydrogen-bond donors (Lipinski definition) is 2. The van der Waals surface area contributed by atoms with E-state index in [4.69, 9.17) is 9.84 Å². The van der Waals surface area contributed by atoms with Crippen LogP contribution in [-0.2, 0) is 9.53 Å². The summed E-state index contributed by atoms with van der Waals surface area (Å²) < 4.78 is 5.09. The lowest BCUT2D eigenvalue weighted by Gasteiger charge is -2.38. The number of hydrogen-bond acceptors (Lipinski definition) is 3. The molecule has 76 valence electrons. The number of ether oxygens (including phenoxy) is 1. The molecule has 0 aromatic carbocycles. The topological polar surface area (TPSA) is 58.6 Å². The summed E-state index contributed by atoms with van der Waals surface area (Å²) in [5, 5.41) is 11.8. The Balaban J connectivity index is 2.10. The van der Waals surface area contributed by atoms with Crippen LogP contribution >= 0.6 is 0 Å². The van der Waals surface area contributed by atoms with Crippen LogP contribution in [0.3, 0.4) is 0 Å². The van der Waals surface area contributed by atoms with E-state index in [0.717, 1.165) is 19.8 Å². The van der Waals surface area contributed by atoms with Crippen molar-refractivity contribution in [2.75, 3.05) is 26.3 Å². The van der Waals surface area contributed by atoms with Crippen molar-refractivity contribution in [2.45, 2.75) is 13.8 Å². The molecule has 2 N–H and O–H groups in total. The van der Waals surface area contributed by atoms with Gasteiger partial charge in [0.25, 0.3) is 0 Å². The van der Waals surface area contributed by atoms with Crippen molar-refractivity contribution < 1.29 is 14.6 Å². The van der Waals surface area contributed by atoms with Gasteiger partial charge in [0.05, 0.1) is 19.1 Å². The fourth-order valence-corrected chi connectivity index (χ4v) is 1.23. The Kier molecular flexibility index (Phi) is 3.27. The third kappa shape index (κ3) is 2.97. The zero-order chi connectivity index (χ0) is 9.90. The summed E-state index contributed by atoms with van der Waals surface area (Å²) in [6, 6.07) is 0. The van der Waals surface area contributed by atoms with Gasteiger partial charge in [-0.05, 0) is 0 Å². The third-order valence-electron chi connectivity index (χ3n) is 2.32. The van der Waals surface area contributed by atoms with Gasteiger partial charge in [0, 0.05) is 18.5 Å². The van der Waals surface area contributed by atoms with Gasteiger partial charge in [-0.25, -0.2) is 0 Å². The molecular weight excluding hydrogens is 170 g/mol. The zero-order valence-corrected chi connectivity index (χ0v) is 8.17. The lowest BCUT2D eigenvalue weighted by Crippen LogP contribution is -2.48. The molecule has 4 nitrogen and oxygen atoms in total. The van der Waals surface area contributed by atoms with E-state index in [1.54, 1.807) is 6.92 Å². The van der Waals surface area contributed by atoms with Crippen LogP contribution in [0.4, 0.5) is 0 Å². The summed E-state index contributed by atoms with van der Waals surface area (Å²) in [4.78, 5) is 10.5. The Morgan fingerprint density at radius 2 is 2.31 bits per heavy atom. The van der Waals surface area contributed by atoms with Crippen molar-refractivity contribution in [3.05, 3.63) is 0 Å². The Labute approximate surface area is 78.3 Å². The van der Waals surface area contributed by atoms with Crippen LogP contribution in [0.15, 0.2) is 0 Å². The fraction of sp³-hybridized carbons (Fsp3) is 0.889. The van der Waals surface area contributed by atoms with Gasteiger partial charge < -0.3 is 15.2 Å². The highest BCUT2D eigenvalue weighted by atomic mass is 16.5. The van der Waals surface area contributed by atoms with E-state index >= 15 is 0 Å². The molecule has 4 heteroatoms. The molecule has 0 spiro atoms. The molecule has 1 heterocycles. The summed E-state index contributed by atoms with van der Waals surface area (Å²) in [5.41, 5.74) is 0.220. The van der Waals surface area contributed by atoms with E-state index in [1.807, 2.05) is 0 Å². The minimum atomic E-state index is -0.748. The minimum Gasteiger partial charge on any atom is -0.481 e. The van der Waals surface area contributed by atoms with Crippen LogP contribution < -0.4 is 5.32 Å². The maximum atomic E-state index is 10.5. The van der Waals surface area contributed by atoms with Crippen LogP contribution in [0.25, 0.3) is 0 Å². The zero-order valence-electron chi connectivity index (χ0n) is 8.17. The smallest absolute Gasteiger partial charge is 0.307 e. The van der Waals surface area contributed by atoms with E-state index < -0.39 is 5.97 Å². The average Bonchev–Trinajstić information content (AvgIpc) is 2.01. The number of rotatable bonds is 5. The van der Waals surface area contributed by atoms with Gasteiger partial charge in [-0.3, -0.25) is 4.79 Å². The van der Waals surface area contributed by atoms with Crippen molar-refractivity contribution in [2.24, 2.45) is 11.3 Å². The SMILES string of the molecule is CC(CNCC1(C)COC1)C(=O)O. The van der Waals surface area contributed by atoms with Crippen molar-refractivity contribution in [3.8, 4) is 0 Å². The van der Waals surface area contributed by atoms with Crippen molar-refractivity contribution >= 4 is 5.97 Å². The van der Waals surface area contributed by atoms with Crippen molar-refractivity contribution in [1.82, 2.24) is 5.32 Å². The predicted octanol–water partition coefficient (Wildman–Crippen LogP) is 0.333. The highest BCUT2D eigenvalue weighted by Crippen LogP contribution is 2.24. The maximum Gasteiger partial charge on any atom is 0.307 e. The van der Waals surface area contributed by atoms with Crippen LogP contribution in [0.1, 0.15) is 13.8 Å². The molecule has 0 aromatic heterocycles. The van der Waals surface area contributed by atoms with Crippen LogP contribution in [0, 0.1) is 11.3 Å². The van der Waals surface area contributed by atoms with E-state index in [9.17, 15) is 4.79 Å². The molecule has 1 aliphatic heterocycles. The van der Waals surface area contributed by atoms with Gasteiger partial charge in [0.2, 0.25) is 0 Å². The number of carboxylic acid groups (broad SMARTS) is 1. The quantitative estimate of drug-likeness (QED) is 0.651. The summed E-state index contributed by atoms with van der Waals surface area (Å²) in [6.45, 7) is 6.77. The molecule has 1 saturated heterocycles. The Morgan fingerprint density at radius 3 is 2.69 bits per heavy atom. The number of carboxylic acids is 1. The Hall–Kier alpha value is -0.610. The monoisotopic (exact) mass is 187 g/mol. The molecule has 0 aromatic rings. The molecule has 0 aliphatic carbocycles. The highest BCUT2D eigenvalue weighted by Gasteiger charge is 2.32. The van der Waals surface area contributed by atoms with Gasteiger partial charge in [0.1, 0.15) is 0 Å². The molecule has 1 fully saturated rings. The minimum absolute atomic E-state index is 0.220. The van der Waals surface area contributed by atoms with Crippen LogP contribution in [-0.4, -0.2) is 37.4 Å². The number of nitrogens with one attached hydrogen (secondary N) is 1. The summed E-state index contributed by atoms with van der Waals surface area (Å²) >= 11 is 0. The largest absolute Gasteiger partial charge is 0.481 e. The molecular formula is C9H17NO3. The Bertz CT molecular complexity index is 189. The first-order valence-electron chi connectivity index (χ1n) is 4.55. The molecule has 0 amide bonds. The average molecular weight is 187 g/mol. The summed E-state index contributed by atoms with van der Waals surface area (Å²) in [5.74, 6) is -1.06. The van der Waals surface area contributed by atoms with Gasteiger partial charge in [-0.2, -0.15) is 0 Å². The maximum absolute atomic E-state index is 10.5. The van der Waals surface area contributed by atoms with Crippen LogP contribution in [0.5, 0.6) is 0 Å². The van der Waals surface area contributed by atoms with E-state index in [2.05, 4.69) is 12.2 Å². The molecule has 0 bridgehead atoms. The van der Waals surface area contributed by atoms with Crippen molar-refractivity contribution in [1.29, 1.82) is 0 Å². The normalized spacial score (nSPS) is 22.0. The standard InChI is InChI=1S/C9H17NO3/c1-7(8(11)12)3-10-4-9(2)5-13-6-9/h7,10H,3-6H2,1-2H3,(H,11,12). The van der Waals surface area contributed by atoms with Gasteiger partial charge in [-0.15, -0.1) is 0 Å². The first-order chi connectivity index (χ1) is 6.03. The fourth-order valence-electron chi connectivity index (χ4n) is 1.23. The molecule has 1 atom stereocenters. The number of aliphatic carboxylic acids is 1. The first-order valence-corrected chi connectivity index (χ1v) is 4.55. The second kappa shape index (κ2) is 4.07. The summed E-state index contributed by atoms with van der Waals surface area (Å²) in [7, 11) is 0. The summed E-state index contributed by atoms with van der Waals surface area (Å²) in [6.07, 6.45) is 0. The lowest BCUT2D eigenvalue weighted by molar-refractivity contribution is -0.141. The van der Waals surface area contributed by atoms with Crippen LogP contribution in [0.2, 0.25) is 0 Å². The molecule has 1 unspecified atom stereocenters. The van der Waals surface area contributed by atoms with E-state index in [0.29, 0.717) is 6.54 Å².